The molecule has 0 fully saturated rings. The van der Waals surface area contributed by atoms with Gasteiger partial charge in [0.05, 0.1) is 11.3 Å². The maximum Gasteiger partial charge on any atom is 0.375 e. The molecule has 0 saturated heterocycles. The Morgan fingerprint density at radius 1 is 0.879 bits per heavy atom. The van der Waals surface area contributed by atoms with E-state index < -0.39 is 41.6 Å². The van der Waals surface area contributed by atoms with Crippen LogP contribution < -0.4 is 10.1 Å². The van der Waals surface area contributed by atoms with E-state index in [1.807, 2.05) is 11.4 Å². The van der Waals surface area contributed by atoms with Crippen LogP contribution in [0.25, 0.3) is 11.0 Å². The summed E-state index contributed by atoms with van der Waals surface area (Å²) in [6.07, 6.45) is 0. The van der Waals surface area contributed by atoms with Crippen LogP contribution in [0.15, 0.2) is 71.1 Å². The Bertz CT molecular complexity index is 1320. The molecule has 0 saturated carbocycles. The second kappa shape index (κ2) is 9.47. The van der Waals surface area contributed by atoms with Crippen LogP contribution in [-0.4, -0.2) is 18.5 Å². The first-order chi connectivity index (χ1) is 15.9. The molecule has 1 amide bonds. The molecule has 4 aromatic rings. The lowest BCUT2D eigenvalue weighted by Gasteiger charge is -2.09. The topological polar surface area (TPSA) is 77.8 Å². The van der Waals surface area contributed by atoms with Gasteiger partial charge < -0.3 is 19.2 Å². The Morgan fingerprint density at radius 3 is 2.39 bits per heavy atom. The highest BCUT2D eigenvalue weighted by molar-refractivity contribution is 5.98. The van der Waals surface area contributed by atoms with Crippen LogP contribution >= 0.6 is 0 Å². The summed E-state index contributed by atoms with van der Waals surface area (Å²) in [5.41, 5.74) is 0.256. The van der Waals surface area contributed by atoms with Crippen molar-refractivity contribution in [2.45, 2.75) is 6.61 Å². The highest BCUT2D eigenvalue weighted by Gasteiger charge is 2.23. The Labute approximate surface area is 185 Å². The first-order valence-electron chi connectivity index (χ1n) is 9.72. The number of furan rings is 1. The van der Waals surface area contributed by atoms with Gasteiger partial charge in [-0.3, -0.25) is 4.79 Å². The maximum atomic E-state index is 13.7. The zero-order valence-corrected chi connectivity index (χ0v) is 16.9. The minimum absolute atomic E-state index is 0.00226. The number of hydrogen-bond acceptors (Lipinski definition) is 5. The van der Waals surface area contributed by atoms with Gasteiger partial charge in [0, 0.05) is 5.39 Å². The molecule has 9 heteroatoms. The minimum Gasteiger partial charge on any atom is -0.489 e. The van der Waals surface area contributed by atoms with Crippen molar-refractivity contribution in [3.63, 3.8) is 0 Å². The Hall–Kier alpha value is -4.27. The van der Waals surface area contributed by atoms with Crippen LogP contribution in [0.4, 0.5) is 18.9 Å². The molecule has 1 N–H and O–H groups in total. The molecule has 0 aliphatic rings. The summed E-state index contributed by atoms with van der Waals surface area (Å²) in [4.78, 5) is 24.7. The lowest BCUT2D eigenvalue weighted by atomic mass is 10.1. The van der Waals surface area contributed by atoms with Crippen molar-refractivity contribution in [1.29, 1.82) is 0 Å². The summed E-state index contributed by atoms with van der Waals surface area (Å²) < 4.78 is 56.4. The molecule has 168 valence electrons. The molecule has 4 rings (SSSR count). The van der Waals surface area contributed by atoms with Crippen molar-refractivity contribution in [3.05, 3.63) is 95.5 Å². The molecular weight excluding hydrogens is 439 g/mol. The first-order valence-corrected chi connectivity index (χ1v) is 9.72. The van der Waals surface area contributed by atoms with Crippen LogP contribution in [0, 0.1) is 17.5 Å². The number of benzene rings is 3. The molecule has 33 heavy (non-hydrogen) atoms. The quantitative estimate of drug-likeness (QED) is 0.305. The van der Waals surface area contributed by atoms with Gasteiger partial charge in [-0.1, -0.05) is 36.4 Å². The number of carbonyl (C=O) groups excluding carboxylic acids is 2. The average molecular weight is 455 g/mol. The molecule has 1 aromatic heterocycles. The molecule has 6 nitrogen and oxygen atoms in total. The lowest BCUT2D eigenvalue weighted by Crippen LogP contribution is -2.22. The molecule has 0 aliphatic heterocycles. The zero-order valence-electron chi connectivity index (χ0n) is 16.9. The fourth-order valence-corrected chi connectivity index (χ4v) is 3.08. The van der Waals surface area contributed by atoms with Gasteiger partial charge >= 0.3 is 5.97 Å². The number of para-hydroxylation sites is 2. The fourth-order valence-electron chi connectivity index (χ4n) is 3.08. The zero-order chi connectivity index (χ0) is 23.4. The molecule has 0 spiro atoms. The van der Waals surface area contributed by atoms with E-state index in [1.54, 1.807) is 48.5 Å². The molecule has 1 heterocycles. The van der Waals surface area contributed by atoms with Crippen molar-refractivity contribution in [3.8, 4) is 5.75 Å². The predicted octanol–water partition coefficient (Wildman–Crippen LogP) is 5.22. The highest BCUT2D eigenvalue weighted by Crippen LogP contribution is 2.28. The average Bonchev–Trinajstić information content (AvgIpc) is 3.21. The summed E-state index contributed by atoms with van der Waals surface area (Å²) in [5.74, 6) is -6.16. The second-order valence-electron chi connectivity index (χ2n) is 6.85. The van der Waals surface area contributed by atoms with E-state index >= 15 is 0 Å². The van der Waals surface area contributed by atoms with Crippen LogP contribution in [0.2, 0.25) is 0 Å². The summed E-state index contributed by atoms with van der Waals surface area (Å²) >= 11 is 0. The van der Waals surface area contributed by atoms with E-state index in [0.717, 1.165) is 6.07 Å². The van der Waals surface area contributed by atoms with Crippen LogP contribution in [0.1, 0.15) is 16.1 Å². The third-order valence-electron chi connectivity index (χ3n) is 4.65. The van der Waals surface area contributed by atoms with Crippen LogP contribution in [0.3, 0.4) is 0 Å². The van der Waals surface area contributed by atoms with Crippen molar-refractivity contribution in [2.24, 2.45) is 0 Å². The number of anilines is 1. The third kappa shape index (κ3) is 4.82. The van der Waals surface area contributed by atoms with Crippen molar-refractivity contribution < 1.29 is 36.7 Å². The van der Waals surface area contributed by atoms with Gasteiger partial charge in [0.15, 0.2) is 24.1 Å². The number of rotatable bonds is 7. The Balaban J connectivity index is 1.47. The Kier molecular flexibility index (Phi) is 6.30. The van der Waals surface area contributed by atoms with Gasteiger partial charge in [-0.15, -0.1) is 0 Å². The summed E-state index contributed by atoms with van der Waals surface area (Å²) in [6.45, 7) is -0.814. The minimum atomic E-state index is -1.73. The molecule has 0 aliphatic carbocycles. The van der Waals surface area contributed by atoms with E-state index in [9.17, 15) is 22.8 Å². The SMILES string of the molecule is O=C(COC(=O)c1oc2ccccc2c1COc1ccccc1)Nc1ccc(F)c(F)c1F. The second-order valence-corrected chi connectivity index (χ2v) is 6.85. The summed E-state index contributed by atoms with van der Waals surface area (Å²) in [5, 5.41) is 2.65. The number of carbonyl (C=O) groups is 2. The molecular formula is C24H16F3NO5. The normalized spacial score (nSPS) is 10.8. The fraction of sp³-hybridized carbons (Fsp3) is 0.0833. The number of esters is 1. The number of ether oxygens (including phenoxy) is 2. The van der Waals surface area contributed by atoms with Gasteiger partial charge in [0.2, 0.25) is 5.76 Å². The summed E-state index contributed by atoms with van der Waals surface area (Å²) in [7, 11) is 0. The number of fused-ring (bicyclic) bond motifs is 1. The van der Waals surface area contributed by atoms with Gasteiger partial charge in [0.25, 0.3) is 5.91 Å². The highest BCUT2D eigenvalue weighted by atomic mass is 19.2. The standard InChI is InChI=1S/C24H16F3NO5/c25-17-10-11-18(22(27)21(17)26)28-20(29)13-32-24(30)23-16(12-31-14-6-2-1-3-7-14)15-8-4-5-9-19(15)33-23/h1-11H,12-13H2,(H,28,29). The van der Waals surface area contributed by atoms with Gasteiger partial charge in [-0.05, 0) is 30.3 Å². The van der Waals surface area contributed by atoms with E-state index in [1.165, 1.54) is 0 Å². The first kappa shape index (κ1) is 21.9. The van der Waals surface area contributed by atoms with Crippen molar-refractivity contribution >= 4 is 28.5 Å². The number of halogens is 3. The molecule has 3 aromatic carbocycles. The lowest BCUT2D eigenvalue weighted by molar-refractivity contribution is -0.119. The Morgan fingerprint density at radius 2 is 1.61 bits per heavy atom. The third-order valence-corrected chi connectivity index (χ3v) is 4.65. The van der Waals surface area contributed by atoms with Gasteiger partial charge in [-0.25, -0.2) is 18.0 Å². The van der Waals surface area contributed by atoms with Gasteiger partial charge in [-0.2, -0.15) is 0 Å². The van der Waals surface area contributed by atoms with E-state index in [0.29, 0.717) is 28.3 Å². The van der Waals surface area contributed by atoms with Gasteiger partial charge in [0.1, 0.15) is 17.9 Å². The monoisotopic (exact) mass is 455 g/mol. The predicted molar refractivity (Wildman–Crippen MR) is 112 cm³/mol. The van der Waals surface area contributed by atoms with Crippen molar-refractivity contribution in [2.75, 3.05) is 11.9 Å². The molecule has 0 atom stereocenters. The number of hydrogen-bond donors (Lipinski definition) is 1. The number of nitrogens with one attached hydrogen (secondary N) is 1. The molecule has 0 unspecified atom stereocenters. The smallest absolute Gasteiger partial charge is 0.375 e. The maximum absolute atomic E-state index is 13.7. The van der Waals surface area contributed by atoms with E-state index in [4.69, 9.17) is 13.9 Å². The molecule has 0 radical (unpaired) electrons. The van der Waals surface area contributed by atoms with Crippen LogP contribution in [-0.2, 0) is 16.1 Å². The van der Waals surface area contributed by atoms with Crippen molar-refractivity contribution in [1.82, 2.24) is 0 Å². The van der Waals surface area contributed by atoms with E-state index in [-0.39, 0.29) is 12.4 Å². The van der Waals surface area contributed by atoms with E-state index in [2.05, 4.69) is 0 Å². The number of amides is 1. The largest absolute Gasteiger partial charge is 0.489 e. The van der Waals surface area contributed by atoms with Crippen LogP contribution in [0.5, 0.6) is 5.75 Å². The summed E-state index contributed by atoms with van der Waals surface area (Å²) in [6, 6.07) is 17.4. The molecule has 0 bridgehead atoms.